The van der Waals surface area contributed by atoms with Gasteiger partial charge in [0.25, 0.3) is 17.6 Å². The summed E-state index contributed by atoms with van der Waals surface area (Å²) in [5, 5.41) is 4.72. The number of nitrogens with one attached hydrogen (secondary N) is 1. The van der Waals surface area contributed by atoms with Crippen molar-refractivity contribution in [3.8, 4) is 0 Å². The lowest BCUT2D eigenvalue weighted by atomic mass is 9.99. The fourth-order valence-corrected chi connectivity index (χ4v) is 5.67. The first-order chi connectivity index (χ1) is 15.2. The van der Waals surface area contributed by atoms with Gasteiger partial charge < -0.3 is 5.32 Å². The van der Waals surface area contributed by atoms with Crippen LogP contribution in [0.15, 0.2) is 47.5 Å². The summed E-state index contributed by atoms with van der Waals surface area (Å²) in [6.45, 7) is 1.92. The number of ketones is 1. The molecule has 168 valence electrons. The number of hydrogen-bond acceptors (Lipinski definition) is 6. The maximum absolute atomic E-state index is 13.0. The normalized spacial score (nSPS) is 21.9. The second kappa shape index (κ2) is 8.34. The Balaban J connectivity index is 1.63. The van der Waals surface area contributed by atoms with E-state index in [2.05, 4.69) is 10.3 Å². The highest BCUT2D eigenvalue weighted by atomic mass is 32.2. The molecule has 0 saturated carbocycles. The summed E-state index contributed by atoms with van der Waals surface area (Å²) in [5.74, 6) is -2.96. The number of carbonyl (C=O) groups excluding carboxylic acids is 3. The molecule has 32 heavy (non-hydrogen) atoms. The number of rotatable bonds is 3. The van der Waals surface area contributed by atoms with Crippen LogP contribution in [0.1, 0.15) is 31.4 Å². The molecule has 0 aliphatic carbocycles. The first-order valence-electron chi connectivity index (χ1n) is 10.4. The average molecular weight is 457 g/mol. The summed E-state index contributed by atoms with van der Waals surface area (Å²) < 4.78 is 26.0. The van der Waals surface area contributed by atoms with Crippen molar-refractivity contribution in [1.29, 1.82) is 0 Å². The maximum Gasteiger partial charge on any atom is 0.299 e. The molecule has 4 rings (SSSR count). The Morgan fingerprint density at radius 3 is 2.59 bits per heavy atom. The summed E-state index contributed by atoms with van der Waals surface area (Å²) in [5.41, 5.74) is 0.853. The number of hydrogen-bond donors (Lipinski definition) is 1. The molecule has 0 spiro atoms. The lowest BCUT2D eigenvalue weighted by Crippen LogP contribution is -2.59. The van der Waals surface area contributed by atoms with Gasteiger partial charge in [-0.1, -0.05) is 42.5 Å². The van der Waals surface area contributed by atoms with Crippen LogP contribution >= 0.6 is 0 Å². The van der Waals surface area contributed by atoms with Gasteiger partial charge in [-0.05, 0) is 36.1 Å². The lowest BCUT2D eigenvalue weighted by Gasteiger charge is -2.35. The molecule has 2 heterocycles. The van der Waals surface area contributed by atoms with E-state index >= 15 is 0 Å². The van der Waals surface area contributed by atoms with Gasteiger partial charge in [0, 0.05) is 13.6 Å². The minimum atomic E-state index is -3.67. The van der Waals surface area contributed by atoms with Gasteiger partial charge in [0.2, 0.25) is 16.0 Å². The van der Waals surface area contributed by atoms with Gasteiger partial charge in [-0.15, -0.1) is 0 Å². The van der Waals surface area contributed by atoms with Crippen LogP contribution < -0.4 is 5.32 Å². The predicted octanol–water partition coefficient (Wildman–Crippen LogP) is 1.21. The lowest BCUT2D eigenvalue weighted by molar-refractivity contribution is -0.145. The molecule has 2 aliphatic rings. The third-order valence-electron chi connectivity index (χ3n) is 5.78. The molecule has 9 nitrogen and oxygen atoms in total. The Morgan fingerprint density at radius 1 is 1.12 bits per heavy atom. The van der Waals surface area contributed by atoms with Crippen LogP contribution in [-0.4, -0.2) is 66.6 Å². The molecule has 0 radical (unpaired) electrons. The first-order valence-corrected chi connectivity index (χ1v) is 12.0. The van der Waals surface area contributed by atoms with E-state index in [4.69, 9.17) is 0 Å². The zero-order valence-corrected chi connectivity index (χ0v) is 18.6. The summed E-state index contributed by atoms with van der Waals surface area (Å²) in [7, 11) is -2.38. The highest BCUT2D eigenvalue weighted by Gasteiger charge is 2.44. The Bertz CT molecular complexity index is 1230. The van der Waals surface area contributed by atoms with Crippen molar-refractivity contribution in [3.63, 3.8) is 0 Å². The number of Topliss-reactive ketones (excluding diaryl/α,β-unsaturated/α-hetero) is 1. The number of nitrogens with zero attached hydrogens (tertiary/aromatic N) is 3. The maximum atomic E-state index is 13.0. The van der Waals surface area contributed by atoms with E-state index in [-0.39, 0.29) is 18.3 Å². The van der Waals surface area contributed by atoms with Gasteiger partial charge in [-0.2, -0.15) is 0 Å². The van der Waals surface area contributed by atoms with Gasteiger partial charge in [-0.3, -0.25) is 19.3 Å². The fraction of sp³-hybridized carbons (Fsp3) is 0.364. The van der Waals surface area contributed by atoms with Crippen molar-refractivity contribution in [3.05, 3.63) is 48.0 Å². The number of benzene rings is 2. The molecule has 1 saturated heterocycles. The van der Waals surface area contributed by atoms with E-state index in [0.29, 0.717) is 12.8 Å². The van der Waals surface area contributed by atoms with Crippen molar-refractivity contribution in [1.82, 2.24) is 14.5 Å². The zero-order chi connectivity index (χ0) is 23.0. The number of amides is 2. The highest BCUT2D eigenvalue weighted by Crippen LogP contribution is 2.25. The molecule has 0 bridgehead atoms. The number of likely N-dealkylation sites (N-methyl/N-ethyl adjacent to an activating group) is 1. The van der Waals surface area contributed by atoms with E-state index in [1.807, 2.05) is 42.5 Å². The summed E-state index contributed by atoms with van der Waals surface area (Å²) in [6, 6.07) is 11.3. The number of sulfonamides is 1. The monoisotopic (exact) mass is 456 g/mol. The van der Waals surface area contributed by atoms with Gasteiger partial charge in [0.1, 0.15) is 0 Å². The predicted molar refractivity (Wildman–Crippen MR) is 119 cm³/mol. The summed E-state index contributed by atoms with van der Waals surface area (Å²) in [4.78, 5) is 43.1. The van der Waals surface area contributed by atoms with Gasteiger partial charge in [0.05, 0.1) is 11.8 Å². The minimum Gasteiger partial charge on any atom is -0.347 e. The van der Waals surface area contributed by atoms with E-state index in [1.165, 1.54) is 7.05 Å². The largest absolute Gasteiger partial charge is 0.347 e. The van der Waals surface area contributed by atoms with E-state index in [1.54, 1.807) is 6.92 Å². The standard InChI is InChI=1S/C22H24N4O5S/c1-14(16-11-7-9-15-8-3-4-10-17(15)16)23-20(28)18-19(27)21(29)25(2)22(24-18)26-12-5-6-13-32(26,30)31/h3-4,7-11,14,18H,5-6,12-13H2,1-2H3,(H,23,28). The van der Waals surface area contributed by atoms with Gasteiger partial charge >= 0.3 is 0 Å². The van der Waals surface area contributed by atoms with Crippen molar-refractivity contribution >= 4 is 44.4 Å². The van der Waals surface area contributed by atoms with Crippen LogP contribution in [0.25, 0.3) is 10.8 Å². The second-order valence-corrected chi connectivity index (χ2v) is 9.97. The minimum absolute atomic E-state index is 0.0724. The van der Waals surface area contributed by atoms with Gasteiger partial charge in [-0.25, -0.2) is 17.7 Å². The number of guanidine groups is 1. The molecule has 2 aromatic carbocycles. The third kappa shape index (κ3) is 3.86. The molecule has 10 heteroatoms. The molecule has 2 aliphatic heterocycles. The molecule has 0 aromatic heterocycles. The quantitative estimate of drug-likeness (QED) is 0.551. The average Bonchev–Trinajstić information content (AvgIpc) is 2.77. The topological polar surface area (TPSA) is 116 Å². The molecule has 2 unspecified atom stereocenters. The smallest absolute Gasteiger partial charge is 0.299 e. The van der Waals surface area contributed by atoms with Crippen molar-refractivity contribution < 1.29 is 22.8 Å². The number of aliphatic imine (C=N–C) groups is 1. The molecule has 2 amide bonds. The van der Waals surface area contributed by atoms with Crippen LogP contribution in [0.2, 0.25) is 0 Å². The number of carbonyl (C=O) groups is 3. The second-order valence-electron chi connectivity index (χ2n) is 7.95. The van der Waals surface area contributed by atoms with Crippen LogP contribution in [0.4, 0.5) is 0 Å². The van der Waals surface area contributed by atoms with Crippen LogP contribution in [0.3, 0.4) is 0 Å². The number of fused-ring (bicyclic) bond motifs is 1. The van der Waals surface area contributed by atoms with Crippen molar-refractivity contribution in [2.45, 2.75) is 31.8 Å². The zero-order valence-electron chi connectivity index (χ0n) is 17.8. The Kier molecular flexibility index (Phi) is 5.72. The van der Waals surface area contributed by atoms with Crippen LogP contribution in [-0.2, 0) is 24.4 Å². The summed E-state index contributed by atoms with van der Waals surface area (Å²) >= 11 is 0. The molecular formula is C22H24N4O5S. The molecule has 1 fully saturated rings. The molecule has 1 N–H and O–H groups in total. The van der Waals surface area contributed by atoms with Crippen LogP contribution in [0.5, 0.6) is 0 Å². The highest BCUT2D eigenvalue weighted by molar-refractivity contribution is 7.89. The first kappa shape index (κ1) is 21.9. The van der Waals surface area contributed by atoms with E-state index < -0.39 is 39.7 Å². The van der Waals surface area contributed by atoms with E-state index in [0.717, 1.165) is 25.5 Å². The Hall–Kier alpha value is -3.27. The van der Waals surface area contributed by atoms with Crippen molar-refractivity contribution in [2.24, 2.45) is 4.99 Å². The molecule has 2 atom stereocenters. The fourth-order valence-electron chi connectivity index (χ4n) is 4.05. The Labute approximate surface area is 186 Å². The van der Waals surface area contributed by atoms with Crippen molar-refractivity contribution in [2.75, 3.05) is 19.3 Å². The summed E-state index contributed by atoms with van der Waals surface area (Å²) in [6.07, 6.45) is 1.11. The van der Waals surface area contributed by atoms with Crippen LogP contribution in [0, 0.1) is 0 Å². The Morgan fingerprint density at radius 2 is 1.84 bits per heavy atom. The van der Waals surface area contributed by atoms with E-state index in [9.17, 15) is 22.8 Å². The third-order valence-corrected chi connectivity index (χ3v) is 7.60. The SMILES string of the molecule is CC(NC(=O)C1N=C(N2CCCCS2(=O)=O)N(C)C(=O)C1=O)c1cccc2ccccc12. The van der Waals surface area contributed by atoms with Gasteiger partial charge in [0.15, 0.2) is 6.04 Å². The molecule has 2 aromatic rings. The molecular weight excluding hydrogens is 432 g/mol.